The maximum atomic E-state index is 12.2. The van der Waals surface area contributed by atoms with Gasteiger partial charge in [-0.3, -0.25) is 4.79 Å². The Bertz CT molecular complexity index is 587. The molecule has 1 amide bonds. The third-order valence-corrected chi connectivity index (χ3v) is 4.55. The SMILES string of the molecule is COc1ccc(N)cc1NC(=O)C(C)Sc1nccs1. The van der Waals surface area contributed by atoms with Gasteiger partial charge in [-0.25, -0.2) is 4.98 Å². The van der Waals surface area contributed by atoms with Gasteiger partial charge in [0.1, 0.15) is 5.75 Å². The summed E-state index contributed by atoms with van der Waals surface area (Å²) in [7, 11) is 1.55. The molecule has 20 heavy (non-hydrogen) atoms. The van der Waals surface area contributed by atoms with Crippen molar-refractivity contribution >= 4 is 40.4 Å². The third-order valence-electron chi connectivity index (χ3n) is 2.54. The van der Waals surface area contributed by atoms with Crippen LogP contribution in [0.3, 0.4) is 0 Å². The van der Waals surface area contributed by atoms with Crippen LogP contribution >= 0.6 is 23.1 Å². The quantitative estimate of drug-likeness (QED) is 0.656. The largest absolute Gasteiger partial charge is 0.495 e. The van der Waals surface area contributed by atoms with Crippen LogP contribution in [0.5, 0.6) is 5.75 Å². The molecule has 2 rings (SSSR count). The first kappa shape index (κ1) is 14.7. The highest BCUT2D eigenvalue weighted by Gasteiger charge is 2.17. The van der Waals surface area contributed by atoms with Gasteiger partial charge in [0.2, 0.25) is 5.91 Å². The van der Waals surface area contributed by atoms with Crippen molar-refractivity contribution < 1.29 is 9.53 Å². The Kier molecular flexibility index (Phi) is 4.86. The van der Waals surface area contributed by atoms with Crippen LogP contribution in [0.4, 0.5) is 11.4 Å². The number of benzene rings is 1. The Hall–Kier alpha value is -1.73. The molecule has 3 N–H and O–H groups in total. The highest BCUT2D eigenvalue weighted by molar-refractivity contribution is 8.02. The van der Waals surface area contributed by atoms with Gasteiger partial charge in [-0.2, -0.15) is 0 Å². The summed E-state index contributed by atoms with van der Waals surface area (Å²) < 4.78 is 6.07. The first-order valence-electron chi connectivity index (χ1n) is 5.90. The highest BCUT2D eigenvalue weighted by Crippen LogP contribution is 2.29. The number of anilines is 2. The number of ether oxygens (including phenoxy) is 1. The van der Waals surface area contributed by atoms with Crippen LogP contribution in [0, 0.1) is 0 Å². The van der Waals surface area contributed by atoms with E-state index < -0.39 is 0 Å². The van der Waals surface area contributed by atoms with E-state index in [2.05, 4.69) is 10.3 Å². The number of nitrogens with one attached hydrogen (secondary N) is 1. The van der Waals surface area contributed by atoms with Gasteiger partial charge in [-0.1, -0.05) is 11.8 Å². The molecule has 0 radical (unpaired) electrons. The van der Waals surface area contributed by atoms with Gasteiger partial charge in [0.25, 0.3) is 0 Å². The van der Waals surface area contributed by atoms with E-state index in [1.165, 1.54) is 23.1 Å². The molecule has 0 bridgehead atoms. The lowest BCUT2D eigenvalue weighted by molar-refractivity contribution is -0.115. The molecule has 0 aliphatic rings. The monoisotopic (exact) mass is 309 g/mol. The smallest absolute Gasteiger partial charge is 0.237 e. The number of nitrogens with two attached hydrogens (primary N) is 1. The maximum Gasteiger partial charge on any atom is 0.237 e. The van der Waals surface area contributed by atoms with Crippen molar-refractivity contribution in [2.75, 3.05) is 18.2 Å². The first-order valence-corrected chi connectivity index (χ1v) is 7.66. The Morgan fingerprint density at radius 1 is 1.55 bits per heavy atom. The highest BCUT2D eigenvalue weighted by atomic mass is 32.2. The maximum absolute atomic E-state index is 12.2. The van der Waals surface area contributed by atoms with E-state index in [4.69, 9.17) is 10.5 Å². The minimum atomic E-state index is -0.257. The summed E-state index contributed by atoms with van der Waals surface area (Å²) in [5, 5.41) is 4.45. The molecule has 0 fully saturated rings. The van der Waals surface area contributed by atoms with E-state index in [9.17, 15) is 4.79 Å². The molecule has 106 valence electrons. The Morgan fingerprint density at radius 3 is 3.00 bits per heavy atom. The number of hydrogen-bond donors (Lipinski definition) is 2. The van der Waals surface area contributed by atoms with Crippen LogP contribution in [-0.4, -0.2) is 23.3 Å². The van der Waals surface area contributed by atoms with Crippen LogP contribution in [0.15, 0.2) is 34.1 Å². The molecule has 5 nitrogen and oxygen atoms in total. The average molecular weight is 309 g/mol. The number of aromatic nitrogens is 1. The van der Waals surface area contributed by atoms with Crippen molar-refractivity contribution in [2.24, 2.45) is 0 Å². The summed E-state index contributed by atoms with van der Waals surface area (Å²) in [4.78, 5) is 16.3. The standard InChI is InChI=1S/C13H15N3O2S2/c1-8(20-13-15-5-6-19-13)12(17)16-10-7-9(14)3-4-11(10)18-2/h3-8H,14H2,1-2H3,(H,16,17). The number of carbonyl (C=O) groups excluding carboxylic acids is 1. The molecule has 0 spiro atoms. The summed E-state index contributed by atoms with van der Waals surface area (Å²) in [6.07, 6.45) is 1.72. The van der Waals surface area contributed by atoms with Crippen LogP contribution in [0.2, 0.25) is 0 Å². The number of methoxy groups -OCH3 is 1. The fourth-order valence-electron chi connectivity index (χ4n) is 1.53. The van der Waals surface area contributed by atoms with Gasteiger partial charge in [0.05, 0.1) is 18.0 Å². The topological polar surface area (TPSA) is 77.2 Å². The fraction of sp³-hybridized carbons (Fsp3) is 0.231. The Balaban J connectivity index is 2.05. The molecule has 1 heterocycles. The van der Waals surface area contributed by atoms with E-state index in [-0.39, 0.29) is 11.2 Å². The predicted octanol–water partition coefficient (Wildman–Crippen LogP) is 2.85. The zero-order valence-electron chi connectivity index (χ0n) is 11.1. The number of rotatable bonds is 5. The molecule has 1 aromatic carbocycles. The van der Waals surface area contributed by atoms with E-state index >= 15 is 0 Å². The number of amides is 1. The summed E-state index contributed by atoms with van der Waals surface area (Å²) in [5.74, 6) is 0.466. The third kappa shape index (κ3) is 3.64. The van der Waals surface area contributed by atoms with Crippen LogP contribution in [-0.2, 0) is 4.79 Å². The van der Waals surface area contributed by atoms with Gasteiger partial charge in [-0.05, 0) is 25.1 Å². The van der Waals surface area contributed by atoms with E-state index in [0.29, 0.717) is 17.1 Å². The average Bonchev–Trinajstić information content (AvgIpc) is 2.91. The molecular formula is C13H15N3O2S2. The van der Waals surface area contributed by atoms with E-state index in [1.807, 2.05) is 12.3 Å². The number of nitrogen functional groups attached to an aromatic ring is 1. The second-order valence-corrected chi connectivity index (χ2v) is 6.49. The fourth-order valence-corrected chi connectivity index (χ4v) is 3.30. The van der Waals surface area contributed by atoms with Crippen molar-refractivity contribution in [3.63, 3.8) is 0 Å². The summed E-state index contributed by atoms with van der Waals surface area (Å²) in [6.45, 7) is 1.83. The molecule has 0 saturated heterocycles. The van der Waals surface area contributed by atoms with Gasteiger partial charge in [-0.15, -0.1) is 11.3 Å². The number of thiazole rings is 1. The molecule has 1 unspecified atom stereocenters. The summed E-state index contributed by atoms with van der Waals surface area (Å²) in [5.41, 5.74) is 6.87. The second kappa shape index (κ2) is 6.62. The number of nitrogens with zero attached hydrogens (tertiary/aromatic N) is 1. The van der Waals surface area contributed by atoms with Crippen LogP contribution in [0.25, 0.3) is 0 Å². The van der Waals surface area contributed by atoms with E-state index in [1.54, 1.807) is 31.5 Å². The Morgan fingerprint density at radius 2 is 2.35 bits per heavy atom. The molecular weight excluding hydrogens is 294 g/mol. The molecule has 0 aliphatic carbocycles. The molecule has 2 aromatic rings. The number of carbonyl (C=O) groups is 1. The summed E-state index contributed by atoms with van der Waals surface area (Å²) in [6, 6.07) is 5.13. The van der Waals surface area contributed by atoms with Crippen molar-refractivity contribution in [1.82, 2.24) is 4.98 Å². The normalized spacial score (nSPS) is 11.9. The lowest BCUT2D eigenvalue weighted by atomic mass is 10.2. The van der Waals surface area contributed by atoms with Crippen LogP contribution in [0.1, 0.15) is 6.92 Å². The molecule has 7 heteroatoms. The van der Waals surface area contributed by atoms with Crippen LogP contribution < -0.4 is 15.8 Å². The number of thioether (sulfide) groups is 1. The van der Waals surface area contributed by atoms with Crippen molar-refractivity contribution in [2.45, 2.75) is 16.5 Å². The van der Waals surface area contributed by atoms with Gasteiger partial charge in [0, 0.05) is 17.3 Å². The minimum Gasteiger partial charge on any atom is -0.495 e. The zero-order chi connectivity index (χ0) is 14.5. The zero-order valence-corrected chi connectivity index (χ0v) is 12.8. The van der Waals surface area contributed by atoms with Gasteiger partial charge in [0.15, 0.2) is 4.34 Å². The number of hydrogen-bond acceptors (Lipinski definition) is 6. The predicted molar refractivity (Wildman–Crippen MR) is 83.5 cm³/mol. The molecule has 0 aliphatic heterocycles. The first-order chi connectivity index (χ1) is 9.60. The van der Waals surface area contributed by atoms with Crippen molar-refractivity contribution in [3.05, 3.63) is 29.8 Å². The van der Waals surface area contributed by atoms with Gasteiger partial charge < -0.3 is 15.8 Å². The second-order valence-electron chi connectivity index (χ2n) is 4.01. The molecule has 1 aromatic heterocycles. The van der Waals surface area contributed by atoms with Gasteiger partial charge >= 0.3 is 0 Å². The Labute approximate surface area is 125 Å². The summed E-state index contributed by atoms with van der Waals surface area (Å²) >= 11 is 2.93. The lowest BCUT2D eigenvalue weighted by Crippen LogP contribution is -2.22. The van der Waals surface area contributed by atoms with Crippen molar-refractivity contribution in [3.8, 4) is 5.75 Å². The molecule has 1 atom stereocenters. The molecule has 0 saturated carbocycles. The van der Waals surface area contributed by atoms with E-state index in [0.717, 1.165) is 4.34 Å². The van der Waals surface area contributed by atoms with Crippen molar-refractivity contribution in [1.29, 1.82) is 0 Å². The lowest BCUT2D eigenvalue weighted by Gasteiger charge is -2.13. The minimum absolute atomic E-state index is 0.117.